The number of rotatable bonds is 4. The molecule has 0 unspecified atom stereocenters. The molecule has 0 fully saturated rings. The van der Waals surface area contributed by atoms with E-state index in [0.717, 1.165) is 0 Å². The molecule has 20 heavy (non-hydrogen) atoms. The molecule has 8 nitrogen and oxygen atoms in total. The Labute approximate surface area is 115 Å². The van der Waals surface area contributed by atoms with Gasteiger partial charge in [-0.05, 0) is 20.3 Å². The molecule has 0 bridgehead atoms. The van der Waals surface area contributed by atoms with E-state index >= 15 is 0 Å². The molecule has 2 heterocycles. The molecule has 2 rings (SSSR count). The fourth-order valence-electron chi connectivity index (χ4n) is 1.74. The topological polar surface area (TPSA) is 120 Å². The van der Waals surface area contributed by atoms with E-state index in [1.54, 1.807) is 13.8 Å². The van der Waals surface area contributed by atoms with Gasteiger partial charge >= 0.3 is 0 Å². The van der Waals surface area contributed by atoms with Gasteiger partial charge in [0.15, 0.2) is 5.82 Å². The standard InChI is InChI=1S/C12H16N6O2/c1-4-9(11-16-7(3)18-20-11)17-10(19)8-5-14-12(13)15-6(8)2/h5,9H,4H2,1-3H3,(H,17,19)(H2,13,14,15)/t9-/m0/s1. The van der Waals surface area contributed by atoms with E-state index in [1.807, 2.05) is 6.92 Å². The van der Waals surface area contributed by atoms with Crippen molar-refractivity contribution < 1.29 is 9.32 Å². The van der Waals surface area contributed by atoms with Crippen molar-refractivity contribution in [3.05, 3.63) is 29.2 Å². The number of nitrogens with one attached hydrogen (secondary N) is 1. The van der Waals surface area contributed by atoms with Crippen LogP contribution in [0.25, 0.3) is 0 Å². The summed E-state index contributed by atoms with van der Waals surface area (Å²) in [6.45, 7) is 5.33. The van der Waals surface area contributed by atoms with E-state index in [0.29, 0.717) is 29.4 Å². The largest absolute Gasteiger partial charge is 0.368 e. The van der Waals surface area contributed by atoms with Gasteiger partial charge < -0.3 is 15.6 Å². The van der Waals surface area contributed by atoms with Crippen LogP contribution in [0.5, 0.6) is 0 Å². The number of aromatic nitrogens is 4. The monoisotopic (exact) mass is 276 g/mol. The summed E-state index contributed by atoms with van der Waals surface area (Å²) in [5.41, 5.74) is 6.35. The molecular formula is C12H16N6O2. The van der Waals surface area contributed by atoms with Gasteiger partial charge in [0.05, 0.1) is 11.3 Å². The van der Waals surface area contributed by atoms with Gasteiger partial charge in [-0.25, -0.2) is 9.97 Å². The number of anilines is 1. The van der Waals surface area contributed by atoms with Crippen molar-refractivity contribution in [1.29, 1.82) is 0 Å². The number of carbonyl (C=O) groups is 1. The molecule has 2 aromatic rings. The van der Waals surface area contributed by atoms with Crippen molar-refractivity contribution in [2.45, 2.75) is 33.2 Å². The molecule has 3 N–H and O–H groups in total. The maximum atomic E-state index is 12.2. The van der Waals surface area contributed by atoms with Crippen LogP contribution in [0.3, 0.4) is 0 Å². The van der Waals surface area contributed by atoms with E-state index < -0.39 is 0 Å². The van der Waals surface area contributed by atoms with Crippen LogP contribution in [0.15, 0.2) is 10.7 Å². The minimum absolute atomic E-state index is 0.138. The molecule has 8 heteroatoms. The third-order valence-corrected chi connectivity index (χ3v) is 2.80. The molecule has 0 radical (unpaired) electrons. The second-order valence-electron chi connectivity index (χ2n) is 4.34. The van der Waals surface area contributed by atoms with Crippen molar-refractivity contribution >= 4 is 11.9 Å². The average molecular weight is 276 g/mol. The molecule has 0 aliphatic heterocycles. The highest BCUT2D eigenvalue weighted by atomic mass is 16.5. The Hall–Kier alpha value is -2.51. The van der Waals surface area contributed by atoms with Gasteiger partial charge in [0, 0.05) is 6.20 Å². The first-order valence-electron chi connectivity index (χ1n) is 6.21. The van der Waals surface area contributed by atoms with E-state index in [2.05, 4.69) is 25.4 Å². The number of nitrogens with two attached hydrogens (primary N) is 1. The number of nitrogen functional groups attached to an aromatic ring is 1. The molecule has 1 atom stereocenters. The minimum atomic E-state index is -0.347. The number of hydrogen-bond donors (Lipinski definition) is 2. The van der Waals surface area contributed by atoms with Gasteiger partial charge in [-0.15, -0.1) is 0 Å². The number of aryl methyl sites for hydroxylation is 2. The van der Waals surface area contributed by atoms with Crippen molar-refractivity contribution in [2.75, 3.05) is 5.73 Å². The number of nitrogens with zero attached hydrogens (tertiary/aromatic N) is 4. The van der Waals surface area contributed by atoms with Gasteiger partial charge in [-0.1, -0.05) is 12.1 Å². The van der Waals surface area contributed by atoms with Crippen molar-refractivity contribution in [3.8, 4) is 0 Å². The fourth-order valence-corrected chi connectivity index (χ4v) is 1.74. The van der Waals surface area contributed by atoms with E-state index in [4.69, 9.17) is 10.3 Å². The predicted octanol–water partition coefficient (Wildman–Crippen LogP) is 0.940. The summed E-state index contributed by atoms with van der Waals surface area (Å²) in [5, 5.41) is 6.53. The molecule has 0 spiro atoms. The Bertz CT molecular complexity index is 624. The van der Waals surface area contributed by atoms with E-state index in [1.165, 1.54) is 6.20 Å². The normalized spacial score (nSPS) is 12.2. The van der Waals surface area contributed by atoms with Gasteiger partial charge in [0.1, 0.15) is 6.04 Å². The quantitative estimate of drug-likeness (QED) is 0.852. The Balaban J connectivity index is 2.17. The van der Waals surface area contributed by atoms with Crippen LogP contribution in [0.1, 0.15) is 47.2 Å². The molecule has 106 valence electrons. The molecule has 0 saturated carbocycles. The molecular weight excluding hydrogens is 260 g/mol. The molecule has 0 aromatic carbocycles. The third kappa shape index (κ3) is 2.90. The van der Waals surface area contributed by atoms with Crippen LogP contribution in [0, 0.1) is 13.8 Å². The van der Waals surface area contributed by atoms with Crippen molar-refractivity contribution in [3.63, 3.8) is 0 Å². The predicted molar refractivity (Wildman–Crippen MR) is 70.7 cm³/mol. The lowest BCUT2D eigenvalue weighted by Gasteiger charge is -2.13. The zero-order valence-corrected chi connectivity index (χ0v) is 11.5. The second-order valence-corrected chi connectivity index (χ2v) is 4.34. The highest BCUT2D eigenvalue weighted by Gasteiger charge is 2.21. The van der Waals surface area contributed by atoms with Crippen LogP contribution < -0.4 is 11.1 Å². The van der Waals surface area contributed by atoms with Gasteiger partial charge in [0.2, 0.25) is 11.8 Å². The Morgan fingerprint density at radius 2 is 2.20 bits per heavy atom. The molecule has 1 amide bonds. The summed E-state index contributed by atoms with van der Waals surface area (Å²) in [6.07, 6.45) is 2.03. The second kappa shape index (κ2) is 5.64. The van der Waals surface area contributed by atoms with Gasteiger partial charge in [0.25, 0.3) is 5.91 Å². The lowest BCUT2D eigenvalue weighted by atomic mass is 10.2. The molecule has 0 aliphatic rings. The maximum Gasteiger partial charge on any atom is 0.255 e. The smallest absolute Gasteiger partial charge is 0.255 e. The van der Waals surface area contributed by atoms with Gasteiger partial charge in [-0.3, -0.25) is 4.79 Å². The van der Waals surface area contributed by atoms with Gasteiger partial charge in [-0.2, -0.15) is 4.98 Å². The SMILES string of the molecule is CC[C@H](NC(=O)c1cnc(N)nc1C)c1nc(C)no1. The fraction of sp³-hybridized carbons (Fsp3) is 0.417. The number of amides is 1. The van der Waals surface area contributed by atoms with E-state index in [9.17, 15) is 4.79 Å². The van der Waals surface area contributed by atoms with Crippen LogP contribution >= 0.6 is 0 Å². The zero-order valence-electron chi connectivity index (χ0n) is 11.5. The molecule has 0 saturated heterocycles. The Kier molecular flexibility index (Phi) is 3.92. The summed E-state index contributed by atoms with van der Waals surface area (Å²) < 4.78 is 5.08. The van der Waals surface area contributed by atoms with Crippen LogP contribution in [0.4, 0.5) is 5.95 Å². The molecule has 0 aliphatic carbocycles. The number of hydrogen-bond acceptors (Lipinski definition) is 7. The Morgan fingerprint density at radius 1 is 1.45 bits per heavy atom. The van der Waals surface area contributed by atoms with Crippen molar-refractivity contribution in [1.82, 2.24) is 25.4 Å². The Morgan fingerprint density at radius 3 is 2.75 bits per heavy atom. The summed E-state index contributed by atoms with van der Waals surface area (Å²) in [4.78, 5) is 24.1. The first kappa shape index (κ1) is 13.9. The zero-order chi connectivity index (χ0) is 14.7. The van der Waals surface area contributed by atoms with Crippen LogP contribution in [0.2, 0.25) is 0 Å². The summed E-state index contributed by atoms with van der Waals surface area (Å²) in [5.74, 6) is 0.746. The van der Waals surface area contributed by atoms with Crippen LogP contribution in [-0.4, -0.2) is 26.0 Å². The average Bonchev–Trinajstić information content (AvgIpc) is 2.82. The summed E-state index contributed by atoms with van der Waals surface area (Å²) in [6, 6.07) is -0.347. The highest BCUT2D eigenvalue weighted by molar-refractivity contribution is 5.95. The number of carbonyl (C=O) groups excluding carboxylic acids is 1. The first-order valence-corrected chi connectivity index (χ1v) is 6.21. The molecule has 2 aromatic heterocycles. The first-order chi connectivity index (χ1) is 9.51. The lowest BCUT2D eigenvalue weighted by Crippen LogP contribution is -2.29. The highest BCUT2D eigenvalue weighted by Crippen LogP contribution is 2.15. The van der Waals surface area contributed by atoms with Crippen molar-refractivity contribution in [2.24, 2.45) is 0 Å². The van der Waals surface area contributed by atoms with Crippen LogP contribution in [-0.2, 0) is 0 Å². The van der Waals surface area contributed by atoms with E-state index in [-0.39, 0.29) is 17.9 Å². The maximum absolute atomic E-state index is 12.2. The third-order valence-electron chi connectivity index (χ3n) is 2.80. The lowest BCUT2D eigenvalue weighted by molar-refractivity contribution is 0.0925. The summed E-state index contributed by atoms with van der Waals surface area (Å²) in [7, 11) is 0. The minimum Gasteiger partial charge on any atom is -0.368 e. The summed E-state index contributed by atoms with van der Waals surface area (Å²) >= 11 is 0.